The van der Waals surface area contributed by atoms with Crippen molar-refractivity contribution in [3.05, 3.63) is 282 Å². The zero-order valence-corrected chi connectivity index (χ0v) is 41.2. The molecule has 2 spiro atoms. The minimum Gasteiger partial charge on any atom is -0.309 e. The molecule has 0 N–H and O–H groups in total. The Labute approximate surface area is 432 Å². The molecule has 16 rings (SSSR count). The second-order valence-corrected chi connectivity index (χ2v) is 21.3. The number of benzene rings is 12. The second-order valence-electron chi connectivity index (χ2n) is 21.3. The van der Waals surface area contributed by atoms with Gasteiger partial charge in [-0.05, 0) is 159 Å². The smallest absolute Gasteiger partial charge is 0.0726 e. The third-order valence-corrected chi connectivity index (χ3v) is 17.8. The number of nitrogens with zero attached hydrogens (tertiary/aromatic N) is 1. The maximum Gasteiger partial charge on any atom is 0.0726 e. The van der Waals surface area contributed by atoms with Gasteiger partial charge in [0.2, 0.25) is 0 Å². The summed E-state index contributed by atoms with van der Waals surface area (Å²) < 4.78 is 0. The van der Waals surface area contributed by atoms with Crippen LogP contribution in [0.3, 0.4) is 0 Å². The number of rotatable bonds is 5. The zero-order valence-electron chi connectivity index (χ0n) is 41.2. The van der Waals surface area contributed by atoms with E-state index in [1.807, 2.05) is 0 Å². The summed E-state index contributed by atoms with van der Waals surface area (Å²) >= 11 is 0. The van der Waals surface area contributed by atoms with E-state index in [1.165, 1.54) is 165 Å². The third-order valence-electron chi connectivity index (χ3n) is 17.8. The highest BCUT2D eigenvalue weighted by Crippen LogP contribution is 2.65. The number of anilines is 3. The molecular formula is C73H51N. The van der Waals surface area contributed by atoms with E-state index in [0.29, 0.717) is 0 Å². The van der Waals surface area contributed by atoms with E-state index in [2.05, 4.69) is 254 Å². The predicted octanol–water partition coefficient (Wildman–Crippen LogP) is 19.5. The lowest BCUT2D eigenvalue weighted by Crippen LogP contribution is -2.28. The van der Waals surface area contributed by atoms with Gasteiger partial charge in [0, 0.05) is 22.2 Å². The van der Waals surface area contributed by atoms with Crippen molar-refractivity contribution in [3.8, 4) is 55.6 Å². The van der Waals surface area contributed by atoms with E-state index in [0.717, 1.165) is 5.69 Å². The van der Waals surface area contributed by atoms with Crippen LogP contribution in [0.5, 0.6) is 0 Å². The topological polar surface area (TPSA) is 3.24 Å². The number of hydrogen-bond acceptors (Lipinski definition) is 1. The number of hydrogen-bond donors (Lipinski definition) is 0. The highest BCUT2D eigenvalue weighted by Gasteiger charge is 2.52. The molecule has 0 saturated heterocycles. The van der Waals surface area contributed by atoms with Gasteiger partial charge in [-0.3, -0.25) is 0 Å². The SMILES string of the molecule is c1ccc(-c2cccc(-c3cc4c(cc3N(c3ccc5c6ccccc6c6ccccc6c5c3)c3cccc5c3-c3ccccc3C53CCCCC3)C3(c5ccccc5-c5ccccc53)c3ccccc3-4)c2)cc1. The molecule has 1 saturated carbocycles. The second kappa shape index (κ2) is 15.9. The molecule has 4 aliphatic rings. The Balaban J connectivity index is 1.07. The Morgan fingerprint density at radius 2 is 0.770 bits per heavy atom. The van der Waals surface area contributed by atoms with Gasteiger partial charge in [0.15, 0.2) is 0 Å². The van der Waals surface area contributed by atoms with Gasteiger partial charge < -0.3 is 4.90 Å². The highest BCUT2D eigenvalue weighted by atomic mass is 15.1. The van der Waals surface area contributed by atoms with Crippen LogP contribution < -0.4 is 4.90 Å². The van der Waals surface area contributed by atoms with Gasteiger partial charge in [0.05, 0.1) is 16.8 Å². The molecule has 74 heavy (non-hydrogen) atoms. The van der Waals surface area contributed by atoms with Gasteiger partial charge in [-0.2, -0.15) is 0 Å². The van der Waals surface area contributed by atoms with Crippen molar-refractivity contribution in [1.82, 2.24) is 0 Å². The molecule has 1 fully saturated rings. The predicted molar refractivity (Wildman–Crippen MR) is 310 cm³/mol. The van der Waals surface area contributed by atoms with Crippen LogP contribution in [0, 0.1) is 0 Å². The van der Waals surface area contributed by atoms with Crippen LogP contribution in [-0.4, -0.2) is 0 Å². The standard InChI is InChI=1S/C73H51N/c1-3-21-47(22-4-1)48-23-19-24-49(43-48)60-45-62-58-31-11-16-36-66(58)73(64-34-14-9-29-56(64)57-30-10-15-35-65(57)73)68(62)46-70(60)74(50-39-40-55-53-27-6-5-25-51(53)52-26-7-8-28-54(52)61(55)44-50)69-38-20-37-67-71(69)59-32-12-13-33-63(59)72(67)41-17-2-18-42-72/h1,3-16,19-40,43-46H,2,17-18,41-42H2. The molecule has 4 aliphatic carbocycles. The number of fused-ring (bicyclic) bond motifs is 21. The van der Waals surface area contributed by atoms with Crippen molar-refractivity contribution >= 4 is 49.4 Å². The van der Waals surface area contributed by atoms with Crippen LogP contribution in [0.15, 0.2) is 249 Å². The lowest BCUT2D eigenvalue weighted by Gasteiger charge is -2.36. The third kappa shape index (κ3) is 5.65. The van der Waals surface area contributed by atoms with E-state index in [-0.39, 0.29) is 5.41 Å². The molecule has 12 aromatic rings. The normalized spacial score (nSPS) is 15.0. The van der Waals surface area contributed by atoms with Crippen molar-refractivity contribution in [2.75, 3.05) is 4.90 Å². The van der Waals surface area contributed by atoms with Crippen LogP contribution in [0.1, 0.15) is 65.5 Å². The van der Waals surface area contributed by atoms with Gasteiger partial charge in [0.25, 0.3) is 0 Å². The summed E-state index contributed by atoms with van der Waals surface area (Å²) in [5, 5.41) is 7.65. The first-order valence-electron chi connectivity index (χ1n) is 26.7. The first-order valence-corrected chi connectivity index (χ1v) is 26.7. The summed E-state index contributed by atoms with van der Waals surface area (Å²) in [6.45, 7) is 0. The molecule has 0 unspecified atom stereocenters. The minimum atomic E-state index is -0.528. The summed E-state index contributed by atoms with van der Waals surface area (Å²) in [6, 6.07) is 95.1. The first-order chi connectivity index (χ1) is 36.7. The molecule has 0 amide bonds. The van der Waals surface area contributed by atoms with Gasteiger partial charge in [-0.1, -0.05) is 232 Å². The molecular weight excluding hydrogens is 891 g/mol. The molecule has 0 atom stereocenters. The van der Waals surface area contributed by atoms with Crippen LogP contribution in [0.4, 0.5) is 17.1 Å². The average Bonchev–Trinajstić information content (AvgIpc) is 4.21. The molecule has 1 heteroatoms. The molecule has 0 heterocycles. The van der Waals surface area contributed by atoms with Crippen molar-refractivity contribution < 1.29 is 0 Å². The molecule has 348 valence electrons. The fourth-order valence-electron chi connectivity index (χ4n) is 14.8. The van der Waals surface area contributed by atoms with Gasteiger partial charge in [-0.25, -0.2) is 0 Å². The molecule has 0 radical (unpaired) electrons. The average molecular weight is 942 g/mol. The summed E-state index contributed by atoms with van der Waals surface area (Å²) in [4.78, 5) is 2.69. The Morgan fingerprint density at radius 1 is 0.270 bits per heavy atom. The summed E-state index contributed by atoms with van der Waals surface area (Å²) in [6.07, 6.45) is 6.12. The van der Waals surface area contributed by atoms with Crippen LogP contribution >= 0.6 is 0 Å². The largest absolute Gasteiger partial charge is 0.309 e. The summed E-state index contributed by atoms with van der Waals surface area (Å²) in [5.74, 6) is 0. The van der Waals surface area contributed by atoms with Crippen LogP contribution in [0.2, 0.25) is 0 Å². The molecule has 1 nitrogen and oxygen atoms in total. The Bertz CT molecular complexity index is 4220. The molecule has 0 aromatic heterocycles. The lowest BCUT2D eigenvalue weighted by atomic mass is 9.68. The van der Waals surface area contributed by atoms with Crippen LogP contribution in [0.25, 0.3) is 88.0 Å². The Morgan fingerprint density at radius 3 is 1.43 bits per heavy atom. The summed E-state index contributed by atoms with van der Waals surface area (Å²) in [5.41, 5.74) is 24.1. The fraction of sp³-hybridized carbons (Fsp3) is 0.0959. The quantitative estimate of drug-likeness (QED) is 0.155. The maximum atomic E-state index is 2.69. The van der Waals surface area contributed by atoms with Crippen molar-refractivity contribution in [3.63, 3.8) is 0 Å². The molecule has 0 bridgehead atoms. The van der Waals surface area contributed by atoms with Gasteiger partial charge in [0.1, 0.15) is 0 Å². The van der Waals surface area contributed by atoms with Crippen molar-refractivity contribution in [1.29, 1.82) is 0 Å². The Hall–Kier alpha value is -8.78. The van der Waals surface area contributed by atoms with Crippen LogP contribution in [-0.2, 0) is 10.8 Å². The Kier molecular flexibility index (Phi) is 8.96. The van der Waals surface area contributed by atoms with E-state index in [4.69, 9.17) is 0 Å². The van der Waals surface area contributed by atoms with E-state index < -0.39 is 5.41 Å². The fourth-order valence-corrected chi connectivity index (χ4v) is 14.8. The lowest BCUT2D eigenvalue weighted by molar-refractivity contribution is 0.353. The molecule has 12 aromatic carbocycles. The summed E-state index contributed by atoms with van der Waals surface area (Å²) in [7, 11) is 0. The van der Waals surface area contributed by atoms with Crippen molar-refractivity contribution in [2.45, 2.75) is 42.9 Å². The van der Waals surface area contributed by atoms with Gasteiger partial charge >= 0.3 is 0 Å². The molecule has 0 aliphatic heterocycles. The minimum absolute atomic E-state index is 0.0158. The maximum absolute atomic E-state index is 2.69. The highest BCUT2D eigenvalue weighted by molar-refractivity contribution is 6.26. The zero-order chi connectivity index (χ0) is 48.5. The van der Waals surface area contributed by atoms with Crippen molar-refractivity contribution in [2.24, 2.45) is 0 Å². The van der Waals surface area contributed by atoms with E-state index in [1.54, 1.807) is 0 Å². The van der Waals surface area contributed by atoms with E-state index >= 15 is 0 Å². The van der Waals surface area contributed by atoms with E-state index in [9.17, 15) is 0 Å². The monoisotopic (exact) mass is 941 g/mol. The first kappa shape index (κ1) is 41.8. The van der Waals surface area contributed by atoms with Gasteiger partial charge in [-0.15, -0.1) is 0 Å².